The van der Waals surface area contributed by atoms with E-state index >= 15 is 0 Å². The van der Waals surface area contributed by atoms with Crippen molar-refractivity contribution in [2.45, 2.75) is 20.3 Å². The van der Waals surface area contributed by atoms with Gasteiger partial charge in [-0.15, -0.1) is 0 Å². The van der Waals surface area contributed by atoms with Crippen molar-refractivity contribution in [1.82, 2.24) is 5.32 Å². The lowest BCUT2D eigenvalue weighted by molar-refractivity contribution is 0.252. The molecule has 2 aromatic rings. The first kappa shape index (κ1) is 15.9. The standard InChI is InChI=1S/C18H22N2O2/c1-13-4-7-16(8-5-13)20-18(21)19-11-10-15-12-14(2)6-9-17(15)22-3/h4-9,12H,10-11H2,1-3H3,(H2,19,20,21). The molecule has 0 atom stereocenters. The van der Waals surface area contributed by atoms with Gasteiger partial charge >= 0.3 is 6.03 Å². The Morgan fingerprint density at radius 1 is 1.05 bits per heavy atom. The first-order valence-corrected chi connectivity index (χ1v) is 7.33. The predicted octanol–water partition coefficient (Wildman–Crippen LogP) is 3.68. The minimum absolute atomic E-state index is 0.199. The maximum Gasteiger partial charge on any atom is 0.319 e. The molecular formula is C18H22N2O2. The largest absolute Gasteiger partial charge is 0.496 e. The molecule has 0 unspecified atom stereocenters. The number of carbonyl (C=O) groups is 1. The smallest absolute Gasteiger partial charge is 0.319 e. The second kappa shape index (κ2) is 7.50. The van der Waals surface area contributed by atoms with Crippen LogP contribution in [0.3, 0.4) is 0 Å². The van der Waals surface area contributed by atoms with Crippen LogP contribution in [0.2, 0.25) is 0 Å². The van der Waals surface area contributed by atoms with Gasteiger partial charge < -0.3 is 15.4 Å². The third-order valence-electron chi connectivity index (χ3n) is 3.43. The van der Waals surface area contributed by atoms with Crippen LogP contribution >= 0.6 is 0 Å². The number of amides is 2. The Hall–Kier alpha value is -2.49. The number of hydrogen-bond acceptors (Lipinski definition) is 2. The number of methoxy groups -OCH3 is 1. The van der Waals surface area contributed by atoms with Crippen molar-refractivity contribution in [3.05, 3.63) is 59.2 Å². The molecule has 116 valence electrons. The van der Waals surface area contributed by atoms with Crippen LogP contribution in [0.4, 0.5) is 10.5 Å². The van der Waals surface area contributed by atoms with E-state index < -0.39 is 0 Å². The zero-order chi connectivity index (χ0) is 15.9. The van der Waals surface area contributed by atoms with Gasteiger partial charge in [0.1, 0.15) is 5.75 Å². The fourth-order valence-corrected chi connectivity index (χ4v) is 2.23. The molecule has 4 heteroatoms. The highest BCUT2D eigenvalue weighted by Gasteiger charge is 2.05. The summed E-state index contributed by atoms with van der Waals surface area (Å²) in [6.45, 7) is 4.61. The molecule has 2 amide bonds. The molecule has 0 aliphatic rings. The highest BCUT2D eigenvalue weighted by molar-refractivity contribution is 5.89. The Labute approximate surface area is 131 Å². The van der Waals surface area contributed by atoms with Gasteiger partial charge in [0.2, 0.25) is 0 Å². The number of nitrogens with one attached hydrogen (secondary N) is 2. The molecule has 0 aromatic heterocycles. The lowest BCUT2D eigenvalue weighted by atomic mass is 10.1. The van der Waals surface area contributed by atoms with E-state index in [0.29, 0.717) is 6.54 Å². The van der Waals surface area contributed by atoms with E-state index in [1.807, 2.05) is 50.2 Å². The van der Waals surface area contributed by atoms with Gasteiger partial charge in [0.25, 0.3) is 0 Å². The minimum atomic E-state index is -0.199. The predicted molar refractivity (Wildman–Crippen MR) is 89.6 cm³/mol. The Bertz CT molecular complexity index is 636. The summed E-state index contributed by atoms with van der Waals surface area (Å²) in [6, 6.07) is 13.6. The summed E-state index contributed by atoms with van der Waals surface area (Å²) >= 11 is 0. The molecular weight excluding hydrogens is 276 g/mol. The van der Waals surface area contributed by atoms with Gasteiger partial charge in [-0.05, 0) is 44.0 Å². The topological polar surface area (TPSA) is 50.4 Å². The molecule has 0 bridgehead atoms. The number of rotatable bonds is 5. The van der Waals surface area contributed by atoms with Crippen LogP contribution in [-0.2, 0) is 6.42 Å². The Morgan fingerprint density at radius 3 is 2.41 bits per heavy atom. The normalized spacial score (nSPS) is 10.1. The Morgan fingerprint density at radius 2 is 1.73 bits per heavy atom. The monoisotopic (exact) mass is 298 g/mol. The SMILES string of the molecule is COc1ccc(C)cc1CCNC(=O)Nc1ccc(C)cc1. The van der Waals surface area contributed by atoms with Crippen LogP contribution in [0.15, 0.2) is 42.5 Å². The van der Waals surface area contributed by atoms with E-state index in [9.17, 15) is 4.79 Å². The van der Waals surface area contributed by atoms with Crippen molar-refractivity contribution in [3.63, 3.8) is 0 Å². The van der Waals surface area contributed by atoms with Crippen LogP contribution in [0.25, 0.3) is 0 Å². The number of benzene rings is 2. The molecule has 0 aliphatic heterocycles. The maximum absolute atomic E-state index is 11.9. The third kappa shape index (κ3) is 4.52. The van der Waals surface area contributed by atoms with Gasteiger partial charge in [-0.25, -0.2) is 4.79 Å². The summed E-state index contributed by atoms with van der Waals surface area (Å²) in [6.07, 6.45) is 0.728. The minimum Gasteiger partial charge on any atom is -0.496 e. The fraction of sp³-hybridized carbons (Fsp3) is 0.278. The van der Waals surface area contributed by atoms with Gasteiger partial charge in [-0.2, -0.15) is 0 Å². The molecule has 22 heavy (non-hydrogen) atoms. The average Bonchev–Trinajstić information content (AvgIpc) is 2.50. The molecule has 0 saturated heterocycles. The van der Waals surface area contributed by atoms with Gasteiger partial charge in [-0.3, -0.25) is 0 Å². The fourth-order valence-electron chi connectivity index (χ4n) is 2.23. The number of anilines is 1. The highest BCUT2D eigenvalue weighted by atomic mass is 16.5. The van der Waals surface area contributed by atoms with Crippen molar-refractivity contribution < 1.29 is 9.53 Å². The molecule has 4 nitrogen and oxygen atoms in total. The highest BCUT2D eigenvalue weighted by Crippen LogP contribution is 2.19. The zero-order valence-electron chi connectivity index (χ0n) is 13.3. The number of aryl methyl sites for hydroxylation is 2. The van der Waals surface area contributed by atoms with E-state index in [0.717, 1.165) is 29.0 Å². The maximum atomic E-state index is 11.9. The van der Waals surface area contributed by atoms with Gasteiger partial charge in [-0.1, -0.05) is 35.4 Å². The summed E-state index contributed by atoms with van der Waals surface area (Å²) in [5.41, 5.74) is 4.23. The summed E-state index contributed by atoms with van der Waals surface area (Å²) in [5.74, 6) is 0.853. The molecule has 0 saturated carbocycles. The second-order valence-electron chi connectivity index (χ2n) is 5.31. The van der Waals surface area contributed by atoms with E-state index in [4.69, 9.17) is 4.74 Å². The number of carbonyl (C=O) groups excluding carboxylic acids is 1. The average molecular weight is 298 g/mol. The number of ether oxygens (including phenoxy) is 1. The van der Waals surface area contributed by atoms with Gasteiger partial charge in [0.15, 0.2) is 0 Å². The van der Waals surface area contributed by atoms with E-state index in [1.165, 1.54) is 5.56 Å². The zero-order valence-corrected chi connectivity index (χ0v) is 13.3. The van der Waals surface area contributed by atoms with Crippen molar-refractivity contribution in [2.75, 3.05) is 19.0 Å². The van der Waals surface area contributed by atoms with Crippen LogP contribution in [0.5, 0.6) is 5.75 Å². The van der Waals surface area contributed by atoms with Gasteiger partial charge in [0, 0.05) is 12.2 Å². The van der Waals surface area contributed by atoms with Crippen LogP contribution < -0.4 is 15.4 Å². The van der Waals surface area contributed by atoms with Crippen molar-refractivity contribution in [1.29, 1.82) is 0 Å². The molecule has 2 rings (SSSR count). The lowest BCUT2D eigenvalue weighted by Crippen LogP contribution is -2.30. The number of hydrogen-bond donors (Lipinski definition) is 2. The molecule has 2 N–H and O–H groups in total. The van der Waals surface area contributed by atoms with Crippen molar-refractivity contribution in [3.8, 4) is 5.75 Å². The molecule has 0 spiro atoms. The number of urea groups is 1. The summed E-state index contributed by atoms with van der Waals surface area (Å²) in [7, 11) is 1.66. The van der Waals surface area contributed by atoms with Crippen LogP contribution in [0, 0.1) is 13.8 Å². The Kier molecular flexibility index (Phi) is 5.42. The van der Waals surface area contributed by atoms with Crippen molar-refractivity contribution >= 4 is 11.7 Å². The third-order valence-corrected chi connectivity index (χ3v) is 3.43. The molecule has 2 aromatic carbocycles. The van der Waals surface area contributed by atoms with Crippen molar-refractivity contribution in [2.24, 2.45) is 0 Å². The van der Waals surface area contributed by atoms with Gasteiger partial charge in [0.05, 0.1) is 7.11 Å². The molecule has 0 fully saturated rings. The Balaban J connectivity index is 1.84. The quantitative estimate of drug-likeness (QED) is 0.884. The molecule has 0 aliphatic carbocycles. The first-order chi connectivity index (χ1) is 10.6. The summed E-state index contributed by atoms with van der Waals surface area (Å²) < 4.78 is 5.34. The molecule has 0 heterocycles. The second-order valence-corrected chi connectivity index (χ2v) is 5.31. The van der Waals surface area contributed by atoms with E-state index in [-0.39, 0.29) is 6.03 Å². The lowest BCUT2D eigenvalue weighted by Gasteiger charge is -2.11. The first-order valence-electron chi connectivity index (χ1n) is 7.33. The summed E-state index contributed by atoms with van der Waals surface area (Å²) in [4.78, 5) is 11.9. The summed E-state index contributed by atoms with van der Waals surface area (Å²) in [5, 5.41) is 5.67. The van der Waals surface area contributed by atoms with E-state index in [2.05, 4.69) is 16.7 Å². The molecule has 0 radical (unpaired) electrons. The van der Waals surface area contributed by atoms with Crippen LogP contribution in [0.1, 0.15) is 16.7 Å². The van der Waals surface area contributed by atoms with Crippen LogP contribution in [-0.4, -0.2) is 19.7 Å². The van der Waals surface area contributed by atoms with E-state index in [1.54, 1.807) is 7.11 Å².